The summed E-state index contributed by atoms with van der Waals surface area (Å²) in [4.78, 5) is 40.3. The first-order valence-electron chi connectivity index (χ1n) is 12.1. The lowest BCUT2D eigenvalue weighted by atomic mass is 10.1. The van der Waals surface area contributed by atoms with Gasteiger partial charge in [0.15, 0.2) is 10.9 Å². The SMILES string of the molecule is CCOc1ccc(C(=O)NC(=S)Nc2ccccc2N2CCN(C(=O)c3ccccc3)CC2)cc1[N+](=O)[O-]. The summed E-state index contributed by atoms with van der Waals surface area (Å²) in [6.07, 6.45) is 0. The van der Waals surface area contributed by atoms with Crippen molar-refractivity contribution in [1.82, 2.24) is 10.2 Å². The van der Waals surface area contributed by atoms with Crippen molar-refractivity contribution in [3.63, 3.8) is 0 Å². The highest BCUT2D eigenvalue weighted by Crippen LogP contribution is 2.29. The van der Waals surface area contributed by atoms with Crippen molar-refractivity contribution in [3.05, 3.63) is 94.0 Å². The van der Waals surface area contributed by atoms with Gasteiger partial charge in [0.1, 0.15) is 0 Å². The number of nitro benzene ring substituents is 1. The lowest BCUT2D eigenvalue weighted by molar-refractivity contribution is -0.385. The molecule has 0 spiro atoms. The molecule has 1 heterocycles. The van der Waals surface area contributed by atoms with Gasteiger partial charge >= 0.3 is 5.69 Å². The number of thiocarbonyl (C=S) groups is 1. The van der Waals surface area contributed by atoms with Crippen molar-refractivity contribution in [3.8, 4) is 5.75 Å². The molecule has 3 aromatic carbocycles. The monoisotopic (exact) mass is 533 g/mol. The molecule has 0 saturated carbocycles. The van der Waals surface area contributed by atoms with Gasteiger partial charge in [0, 0.05) is 43.4 Å². The van der Waals surface area contributed by atoms with Gasteiger partial charge in [0.2, 0.25) is 0 Å². The summed E-state index contributed by atoms with van der Waals surface area (Å²) in [5.74, 6) is -0.483. The van der Waals surface area contributed by atoms with Gasteiger partial charge in [0.25, 0.3) is 11.8 Å². The van der Waals surface area contributed by atoms with Gasteiger partial charge in [-0.25, -0.2) is 0 Å². The van der Waals surface area contributed by atoms with Crippen LogP contribution in [0.15, 0.2) is 72.8 Å². The fourth-order valence-corrected chi connectivity index (χ4v) is 4.38. The number of carbonyl (C=O) groups is 2. The Kier molecular flexibility index (Phi) is 8.49. The minimum absolute atomic E-state index is 0.00933. The Balaban J connectivity index is 1.39. The highest BCUT2D eigenvalue weighted by atomic mass is 32.1. The molecule has 2 amide bonds. The number of para-hydroxylation sites is 2. The molecule has 0 bridgehead atoms. The number of nitro groups is 1. The molecule has 1 saturated heterocycles. The number of rotatable bonds is 7. The summed E-state index contributed by atoms with van der Waals surface area (Å²) in [6, 6.07) is 20.8. The fourth-order valence-electron chi connectivity index (χ4n) is 4.18. The van der Waals surface area contributed by atoms with E-state index in [1.54, 1.807) is 6.92 Å². The molecule has 3 aromatic rings. The average molecular weight is 534 g/mol. The van der Waals surface area contributed by atoms with Crippen LogP contribution in [0.25, 0.3) is 0 Å². The van der Waals surface area contributed by atoms with Crippen LogP contribution >= 0.6 is 12.2 Å². The van der Waals surface area contributed by atoms with Crippen molar-refractivity contribution in [2.45, 2.75) is 6.92 Å². The zero-order valence-electron chi connectivity index (χ0n) is 20.8. The third-order valence-corrected chi connectivity index (χ3v) is 6.23. The van der Waals surface area contributed by atoms with E-state index in [0.717, 1.165) is 11.8 Å². The molecule has 0 atom stereocenters. The zero-order valence-corrected chi connectivity index (χ0v) is 21.6. The molecule has 0 radical (unpaired) electrons. The lowest BCUT2D eigenvalue weighted by Crippen LogP contribution is -2.49. The molecule has 0 aliphatic carbocycles. The van der Waals surface area contributed by atoms with Gasteiger partial charge in [-0.05, 0) is 55.5 Å². The van der Waals surface area contributed by atoms with Crippen LogP contribution in [0.2, 0.25) is 0 Å². The van der Waals surface area contributed by atoms with Crippen LogP contribution in [0.3, 0.4) is 0 Å². The fraction of sp³-hybridized carbons (Fsp3) is 0.222. The summed E-state index contributed by atoms with van der Waals surface area (Å²) in [5, 5.41) is 17.1. The largest absolute Gasteiger partial charge is 0.487 e. The zero-order chi connectivity index (χ0) is 27.1. The Morgan fingerprint density at radius 3 is 2.34 bits per heavy atom. The number of carbonyl (C=O) groups excluding carboxylic acids is 2. The van der Waals surface area contributed by atoms with E-state index in [1.807, 2.05) is 59.5 Å². The summed E-state index contributed by atoms with van der Waals surface area (Å²) in [6.45, 7) is 4.38. The van der Waals surface area contributed by atoms with Crippen molar-refractivity contribution in [1.29, 1.82) is 0 Å². The number of amides is 2. The van der Waals surface area contributed by atoms with E-state index in [2.05, 4.69) is 15.5 Å². The van der Waals surface area contributed by atoms with Gasteiger partial charge in [-0.3, -0.25) is 25.0 Å². The second-order valence-corrected chi connectivity index (χ2v) is 8.85. The molecule has 1 aliphatic heterocycles. The van der Waals surface area contributed by atoms with E-state index < -0.39 is 10.8 Å². The Labute approximate surface area is 225 Å². The maximum atomic E-state index is 12.8. The topological polar surface area (TPSA) is 117 Å². The van der Waals surface area contributed by atoms with E-state index in [9.17, 15) is 19.7 Å². The van der Waals surface area contributed by atoms with E-state index in [-0.39, 0.29) is 34.6 Å². The van der Waals surface area contributed by atoms with Gasteiger partial charge in [-0.15, -0.1) is 0 Å². The third-order valence-electron chi connectivity index (χ3n) is 6.03. The molecule has 196 valence electrons. The summed E-state index contributed by atoms with van der Waals surface area (Å²) >= 11 is 5.36. The molecular weight excluding hydrogens is 506 g/mol. The quantitative estimate of drug-likeness (QED) is 0.265. The Morgan fingerprint density at radius 1 is 0.974 bits per heavy atom. The molecule has 11 heteroatoms. The van der Waals surface area contributed by atoms with Crippen LogP contribution < -0.4 is 20.3 Å². The van der Waals surface area contributed by atoms with Gasteiger partial charge in [0.05, 0.1) is 22.9 Å². The second kappa shape index (κ2) is 12.2. The number of hydrogen-bond donors (Lipinski definition) is 2. The lowest BCUT2D eigenvalue weighted by Gasteiger charge is -2.37. The number of benzene rings is 3. The van der Waals surface area contributed by atoms with Gasteiger partial charge < -0.3 is 19.9 Å². The minimum atomic E-state index is -0.595. The highest BCUT2D eigenvalue weighted by molar-refractivity contribution is 7.80. The number of nitrogens with zero attached hydrogens (tertiary/aromatic N) is 3. The first-order chi connectivity index (χ1) is 18.4. The Morgan fingerprint density at radius 2 is 1.66 bits per heavy atom. The molecule has 1 fully saturated rings. The van der Waals surface area contributed by atoms with Crippen LogP contribution in [0, 0.1) is 10.1 Å². The number of anilines is 2. The van der Waals surface area contributed by atoms with E-state index in [4.69, 9.17) is 17.0 Å². The summed E-state index contributed by atoms with van der Waals surface area (Å²) < 4.78 is 5.27. The van der Waals surface area contributed by atoms with Crippen LogP contribution in [0.1, 0.15) is 27.6 Å². The van der Waals surface area contributed by atoms with Crippen molar-refractivity contribution in [2.75, 3.05) is 43.0 Å². The summed E-state index contributed by atoms with van der Waals surface area (Å²) in [5.41, 5.74) is 2.03. The van der Waals surface area contributed by atoms with Crippen molar-refractivity contribution < 1.29 is 19.2 Å². The predicted molar refractivity (Wildman–Crippen MR) is 149 cm³/mol. The number of nitrogens with one attached hydrogen (secondary N) is 2. The third kappa shape index (κ3) is 6.24. The van der Waals surface area contributed by atoms with Gasteiger partial charge in [-0.2, -0.15) is 0 Å². The minimum Gasteiger partial charge on any atom is -0.487 e. The number of piperazine rings is 1. The maximum absolute atomic E-state index is 12.8. The maximum Gasteiger partial charge on any atom is 0.311 e. The standard InChI is InChI=1S/C27H27N5O5S/c1-2-37-24-13-12-20(18-23(24)32(35)36)25(33)29-27(38)28-21-10-6-7-11-22(21)30-14-16-31(17-15-30)26(34)19-8-4-3-5-9-19/h3-13,18H,2,14-17H2,1H3,(H2,28,29,33,38). The molecule has 10 nitrogen and oxygen atoms in total. The van der Waals surface area contributed by atoms with Crippen molar-refractivity contribution in [2.24, 2.45) is 0 Å². The molecule has 38 heavy (non-hydrogen) atoms. The second-order valence-electron chi connectivity index (χ2n) is 8.44. The Bertz CT molecular complexity index is 1340. The molecule has 0 unspecified atom stereocenters. The summed E-state index contributed by atoms with van der Waals surface area (Å²) in [7, 11) is 0. The van der Waals surface area contributed by atoms with Gasteiger partial charge in [-0.1, -0.05) is 30.3 Å². The van der Waals surface area contributed by atoms with Crippen LogP contribution in [-0.4, -0.2) is 59.5 Å². The molecule has 2 N–H and O–H groups in total. The smallest absolute Gasteiger partial charge is 0.311 e. The molecule has 1 aliphatic rings. The number of ether oxygens (including phenoxy) is 1. The van der Waals surface area contributed by atoms with Crippen LogP contribution in [-0.2, 0) is 0 Å². The van der Waals surface area contributed by atoms with Crippen LogP contribution in [0.5, 0.6) is 5.75 Å². The predicted octanol–water partition coefficient (Wildman–Crippen LogP) is 4.08. The van der Waals surface area contributed by atoms with E-state index in [1.165, 1.54) is 12.1 Å². The molecular formula is C27H27N5O5S. The number of hydrogen-bond acceptors (Lipinski definition) is 7. The van der Waals surface area contributed by atoms with Crippen molar-refractivity contribution >= 4 is 46.2 Å². The molecule has 4 rings (SSSR count). The molecule has 0 aromatic heterocycles. The Hall–Kier alpha value is -4.51. The average Bonchev–Trinajstić information content (AvgIpc) is 2.93. The first kappa shape index (κ1) is 26.6. The normalized spacial score (nSPS) is 13.0. The first-order valence-corrected chi connectivity index (χ1v) is 12.5. The van der Waals surface area contributed by atoms with E-state index >= 15 is 0 Å². The van der Waals surface area contributed by atoms with E-state index in [0.29, 0.717) is 37.4 Å². The highest BCUT2D eigenvalue weighted by Gasteiger charge is 2.24. The van der Waals surface area contributed by atoms with Crippen LogP contribution in [0.4, 0.5) is 17.1 Å².